The first-order chi connectivity index (χ1) is 24.8. The van der Waals surface area contributed by atoms with Crippen molar-refractivity contribution in [2.24, 2.45) is 0 Å². The van der Waals surface area contributed by atoms with Gasteiger partial charge in [0.1, 0.15) is 24.4 Å². The maximum atomic E-state index is 6.82. The molecule has 0 amide bonds. The van der Waals surface area contributed by atoms with Crippen LogP contribution in [0.3, 0.4) is 0 Å². The van der Waals surface area contributed by atoms with Crippen LogP contribution in [0.4, 0.5) is 0 Å². The molecule has 0 aromatic heterocycles. The van der Waals surface area contributed by atoms with Gasteiger partial charge >= 0.3 is 0 Å². The van der Waals surface area contributed by atoms with Gasteiger partial charge in [0.15, 0.2) is 6.29 Å². The maximum Gasteiger partial charge on any atom is 0.186 e. The summed E-state index contributed by atoms with van der Waals surface area (Å²) in [6.07, 6.45) is 7.27. The van der Waals surface area contributed by atoms with E-state index < -0.39 is 30.7 Å². The molecule has 5 rings (SSSR count). The van der Waals surface area contributed by atoms with Gasteiger partial charge in [-0.15, -0.1) is 0 Å². The van der Waals surface area contributed by atoms with Gasteiger partial charge in [-0.2, -0.15) is 0 Å². The second kappa shape index (κ2) is 22.5. The van der Waals surface area contributed by atoms with Crippen LogP contribution in [0, 0.1) is 0 Å². The van der Waals surface area contributed by atoms with Crippen LogP contribution in [-0.4, -0.2) is 43.9 Å². The van der Waals surface area contributed by atoms with E-state index in [1.165, 1.54) is 38.5 Å². The van der Waals surface area contributed by atoms with E-state index in [1.807, 2.05) is 72.8 Å². The number of hydrogen-bond donors (Lipinski definition) is 0. The van der Waals surface area contributed by atoms with Crippen molar-refractivity contribution in [3.8, 4) is 0 Å². The molecule has 0 bridgehead atoms. The van der Waals surface area contributed by atoms with Crippen molar-refractivity contribution in [3.63, 3.8) is 0 Å². The molecule has 1 fully saturated rings. The van der Waals surface area contributed by atoms with Crippen molar-refractivity contribution in [1.29, 1.82) is 0 Å². The zero-order chi connectivity index (χ0) is 34.5. The van der Waals surface area contributed by atoms with Crippen LogP contribution in [0.1, 0.15) is 80.5 Å². The molecule has 0 spiro atoms. The molecule has 0 N–H and O–H groups in total. The van der Waals surface area contributed by atoms with Gasteiger partial charge in [0, 0.05) is 6.61 Å². The predicted molar refractivity (Wildman–Crippen MR) is 198 cm³/mol. The van der Waals surface area contributed by atoms with Gasteiger partial charge in [0.2, 0.25) is 0 Å². The Morgan fingerprint density at radius 3 is 1.36 bits per heavy atom. The van der Waals surface area contributed by atoms with Crippen LogP contribution in [0.15, 0.2) is 121 Å². The number of ether oxygens (including phenoxy) is 6. The van der Waals surface area contributed by atoms with E-state index in [2.05, 4.69) is 55.5 Å². The van der Waals surface area contributed by atoms with Gasteiger partial charge in [-0.05, 0) is 28.7 Å². The molecule has 3 unspecified atom stereocenters. The number of rotatable bonds is 23. The van der Waals surface area contributed by atoms with Crippen molar-refractivity contribution >= 4 is 0 Å². The summed E-state index contributed by atoms with van der Waals surface area (Å²) in [5.74, 6) is 0. The maximum absolute atomic E-state index is 6.82. The van der Waals surface area contributed by atoms with E-state index in [9.17, 15) is 0 Å². The van der Waals surface area contributed by atoms with Gasteiger partial charge in [0.05, 0.1) is 33.0 Å². The van der Waals surface area contributed by atoms with Gasteiger partial charge in [-0.1, -0.05) is 173 Å². The minimum atomic E-state index is -0.647. The van der Waals surface area contributed by atoms with E-state index >= 15 is 0 Å². The van der Waals surface area contributed by atoms with Crippen LogP contribution in [0.25, 0.3) is 0 Å². The van der Waals surface area contributed by atoms with Gasteiger partial charge in [-0.3, -0.25) is 0 Å². The molecule has 1 saturated heterocycles. The molecule has 268 valence electrons. The molecule has 50 heavy (non-hydrogen) atoms. The molecular formula is C44H56O6. The first-order valence-corrected chi connectivity index (χ1v) is 18.7. The van der Waals surface area contributed by atoms with Gasteiger partial charge in [-0.25, -0.2) is 0 Å². The van der Waals surface area contributed by atoms with Crippen molar-refractivity contribution in [2.45, 2.75) is 115 Å². The summed E-state index contributed by atoms with van der Waals surface area (Å²) in [6.45, 7) is 4.86. The lowest BCUT2D eigenvalue weighted by Crippen LogP contribution is -2.61. The lowest BCUT2D eigenvalue weighted by Gasteiger charge is -2.46. The Morgan fingerprint density at radius 1 is 0.440 bits per heavy atom. The molecule has 0 saturated carbocycles. The third kappa shape index (κ3) is 13.1. The minimum Gasteiger partial charge on any atom is -0.374 e. The molecule has 4 aromatic carbocycles. The molecule has 6 heteroatoms. The van der Waals surface area contributed by atoms with Crippen LogP contribution in [-0.2, 0) is 54.8 Å². The molecular weight excluding hydrogens is 624 g/mol. The van der Waals surface area contributed by atoms with E-state index in [0.717, 1.165) is 35.1 Å². The van der Waals surface area contributed by atoms with E-state index in [1.54, 1.807) is 0 Å². The van der Waals surface area contributed by atoms with Crippen LogP contribution in [0.5, 0.6) is 0 Å². The summed E-state index contributed by atoms with van der Waals surface area (Å²) in [4.78, 5) is 0. The third-order valence-electron chi connectivity index (χ3n) is 9.12. The summed E-state index contributed by atoms with van der Waals surface area (Å²) in [6, 6.07) is 40.9. The zero-order valence-electron chi connectivity index (χ0n) is 29.8. The number of unbranched alkanes of at least 4 members (excludes halogenated alkanes) is 7. The van der Waals surface area contributed by atoms with E-state index in [0.29, 0.717) is 39.6 Å². The summed E-state index contributed by atoms with van der Waals surface area (Å²) in [5.41, 5.74) is 4.34. The fraction of sp³-hybridized carbons (Fsp3) is 0.455. The summed E-state index contributed by atoms with van der Waals surface area (Å²) in [7, 11) is 0. The Balaban J connectivity index is 1.35. The highest BCUT2D eigenvalue weighted by Gasteiger charge is 2.49. The molecule has 4 aromatic rings. The van der Waals surface area contributed by atoms with E-state index in [4.69, 9.17) is 28.4 Å². The Hall–Kier alpha value is -3.36. The Kier molecular flexibility index (Phi) is 17.0. The van der Waals surface area contributed by atoms with E-state index in [-0.39, 0.29) is 0 Å². The van der Waals surface area contributed by atoms with Crippen molar-refractivity contribution in [2.75, 3.05) is 13.2 Å². The average molecular weight is 681 g/mol. The van der Waals surface area contributed by atoms with Gasteiger partial charge in [0.25, 0.3) is 0 Å². The summed E-state index contributed by atoms with van der Waals surface area (Å²) in [5, 5.41) is 0. The van der Waals surface area contributed by atoms with Crippen molar-refractivity contribution < 1.29 is 28.4 Å². The lowest BCUT2D eigenvalue weighted by atomic mass is 9.97. The highest BCUT2D eigenvalue weighted by atomic mass is 16.7. The highest BCUT2D eigenvalue weighted by molar-refractivity contribution is 5.16. The topological polar surface area (TPSA) is 55.4 Å². The highest BCUT2D eigenvalue weighted by Crippen LogP contribution is 2.32. The molecule has 6 nitrogen and oxygen atoms in total. The monoisotopic (exact) mass is 680 g/mol. The molecule has 1 aliphatic rings. The predicted octanol–water partition coefficient (Wildman–Crippen LogP) is 9.84. The SMILES string of the molecule is CCCCCCCCCCO[C@@H]1OC(COCc2ccccc2)[C@@H](OCc2ccccc2)C(OCc2ccccc2)C1OCc1ccccc1. The summed E-state index contributed by atoms with van der Waals surface area (Å²) < 4.78 is 40.0. The van der Waals surface area contributed by atoms with Crippen LogP contribution < -0.4 is 0 Å². The van der Waals surface area contributed by atoms with Crippen LogP contribution >= 0.6 is 0 Å². The fourth-order valence-corrected chi connectivity index (χ4v) is 6.32. The van der Waals surface area contributed by atoms with Crippen LogP contribution in [0.2, 0.25) is 0 Å². The Bertz CT molecular complexity index is 1400. The number of hydrogen-bond acceptors (Lipinski definition) is 6. The first-order valence-electron chi connectivity index (χ1n) is 18.7. The quantitative estimate of drug-likeness (QED) is 0.0728. The summed E-state index contributed by atoms with van der Waals surface area (Å²) >= 11 is 0. The Labute approximate surface area is 300 Å². The minimum absolute atomic E-state index is 0.322. The average Bonchev–Trinajstić information content (AvgIpc) is 3.17. The molecule has 5 atom stereocenters. The fourth-order valence-electron chi connectivity index (χ4n) is 6.32. The standard InChI is InChI=1S/C44H56O6/c1-2-3-4-5-6-7-8-21-30-46-44-43(49-34-39-28-19-12-20-29-39)42(48-33-38-26-17-11-18-27-38)41(47-32-37-24-15-10-16-25-37)40(50-44)35-45-31-36-22-13-9-14-23-36/h9-20,22-29,40-44H,2-8,21,30-35H2,1H3/t40?,41-,42?,43?,44-/m1/s1. The second-order valence-electron chi connectivity index (χ2n) is 13.2. The zero-order valence-corrected chi connectivity index (χ0v) is 29.8. The van der Waals surface area contributed by atoms with Crippen molar-refractivity contribution in [1.82, 2.24) is 0 Å². The third-order valence-corrected chi connectivity index (χ3v) is 9.12. The molecule has 1 heterocycles. The largest absolute Gasteiger partial charge is 0.374 e. The number of benzene rings is 4. The molecule has 0 aliphatic carbocycles. The second-order valence-corrected chi connectivity index (χ2v) is 13.2. The smallest absolute Gasteiger partial charge is 0.186 e. The lowest BCUT2D eigenvalue weighted by molar-refractivity contribution is -0.328. The normalized spacial score (nSPS) is 20.5. The molecule has 1 aliphatic heterocycles. The first kappa shape index (κ1) is 37.9. The van der Waals surface area contributed by atoms with Gasteiger partial charge < -0.3 is 28.4 Å². The van der Waals surface area contributed by atoms with Crippen molar-refractivity contribution in [3.05, 3.63) is 144 Å². The Morgan fingerprint density at radius 2 is 0.860 bits per heavy atom. The molecule has 0 radical (unpaired) electrons.